The number of imidazole rings is 1. The molecule has 1 N–H and O–H groups in total. The Kier molecular flexibility index (Phi) is 3.41. The van der Waals surface area contributed by atoms with Crippen molar-refractivity contribution in [2.75, 3.05) is 0 Å². The van der Waals surface area contributed by atoms with Gasteiger partial charge >= 0.3 is 5.97 Å². The average molecular weight is 248 g/mol. The van der Waals surface area contributed by atoms with Crippen LogP contribution in [-0.4, -0.2) is 20.6 Å². The third kappa shape index (κ3) is 2.74. The minimum absolute atomic E-state index is 0.0357. The van der Waals surface area contributed by atoms with Crippen LogP contribution in [0.5, 0.6) is 0 Å². The summed E-state index contributed by atoms with van der Waals surface area (Å²) in [5.74, 6) is -1.22. The second kappa shape index (κ2) is 5.00. The Labute approximate surface area is 104 Å². The maximum Gasteiger partial charge on any atom is 0.303 e. The van der Waals surface area contributed by atoms with Crippen LogP contribution in [0.25, 0.3) is 5.69 Å². The molecule has 2 aromatic rings. The molecule has 0 amide bonds. The molecule has 0 saturated heterocycles. The molecule has 0 aliphatic carbocycles. The Morgan fingerprint density at radius 3 is 2.89 bits per heavy atom. The van der Waals surface area contributed by atoms with Crippen LogP contribution in [0.15, 0.2) is 30.7 Å². The van der Waals surface area contributed by atoms with Gasteiger partial charge in [-0.3, -0.25) is 4.79 Å². The third-order valence-corrected chi connectivity index (χ3v) is 2.63. The SMILES string of the molecule is Cc1cn(-c2cc(CCC(=O)O)ccc2F)cn1. The normalized spacial score (nSPS) is 10.6. The van der Waals surface area contributed by atoms with Crippen molar-refractivity contribution in [3.63, 3.8) is 0 Å². The molecular formula is C13H13FN2O2. The highest BCUT2D eigenvalue weighted by Crippen LogP contribution is 2.17. The summed E-state index contributed by atoms with van der Waals surface area (Å²) in [4.78, 5) is 14.5. The van der Waals surface area contributed by atoms with Gasteiger partial charge in [-0.2, -0.15) is 0 Å². The molecule has 0 saturated carbocycles. The number of rotatable bonds is 4. The lowest BCUT2D eigenvalue weighted by atomic mass is 10.1. The summed E-state index contributed by atoms with van der Waals surface area (Å²) < 4.78 is 15.3. The molecular weight excluding hydrogens is 235 g/mol. The molecule has 18 heavy (non-hydrogen) atoms. The smallest absolute Gasteiger partial charge is 0.303 e. The van der Waals surface area contributed by atoms with Crippen LogP contribution in [0.4, 0.5) is 4.39 Å². The predicted molar refractivity (Wildman–Crippen MR) is 64.2 cm³/mol. The zero-order chi connectivity index (χ0) is 13.1. The summed E-state index contributed by atoms with van der Waals surface area (Å²) in [7, 11) is 0. The van der Waals surface area contributed by atoms with E-state index in [1.54, 1.807) is 22.9 Å². The van der Waals surface area contributed by atoms with Gasteiger partial charge in [0.25, 0.3) is 0 Å². The number of aliphatic carboxylic acids is 1. The summed E-state index contributed by atoms with van der Waals surface area (Å²) in [5.41, 5.74) is 1.98. The second-order valence-electron chi connectivity index (χ2n) is 4.10. The van der Waals surface area contributed by atoms with Gasteiger partial charge in [-0.05, 0) is 31.0 Å². The highest BCUT2D eigenvalue weighted by molar-refractivity contribution is 5.67. The zero-order valence-electron chi connectivity index (χ0n) is 9.93. The molecule has 0 radical (unpaired) electrons. The molecule has 4 nitrogen and oxygen atoms in total. The van der Waals surface area contributed by atoms with Gasteiger partial charge in [0.2, 0.25) is 0 Å². The van der Waals surface area contributed by atoms with E-state index in [-0.39, 0.29) is 12.2 Å². The van der Waals surface area contributed by atoms with Gasteiger partial charge in [-0.15, -0.1) is 0 Å². The summed E-state index contributed by atoms with van der Waals surface area (Å²) in [5, 5.41) is 8.63. The van der Waals surface area contributed by atoms with Crippen LogP contribution in [-0.2, 0) is 11.2 Å². The molecule has 0 aliphatic heterocycles. The summed E-state index contributed by atoms with van der Waals surface area (Å²) in [6.45, 7) is 1.82. The molecule has 0 unspecified atom stereocenters. The maximum absolute atomic E-state index is 13.7. The number of nitrogens with zero attached hydrogens (tertiary/aromatic N) is 2. The van der Waals surface area contributed by atoms with Crippen LogP contribution in [0, 0.1) is 12.7 Å². The molecule has 0 bridgehead atoms. The highest BCUT2D eigenvalue weighted by Gasteiger charge is 2.07. The summed E-state index contributed by atoms with van der Waals surface area (Å²) >= 11 is 0. The van der Waals surface area contributed by atoms with Crippen LogP contribution < -0.4 is 0 Å². The van der Waals surface area contributed by atoms with E-state index in [1.807, 2.05) is 6.92 Å². The molecule has 2 rings (SSSR count). The maximum atomic E-state index is 13.7. The van der Waals surface area contributed by atoms with E-state index in [4.69, 9.17) is 5.11 Å². The molecule has 0 fully saturated rings. The van der Waals surface area contributed by atoms with Gasteiger partial charge in [0.05, 0.1) is 17.7 Å². The van der Waals surface area contributed by atoms with Crippen LogP contribution in [0.3, 0.4) is 0 Å². The van der Waals surface area contributed by atoms with Crippen molar-refractivity contribution in [3.8, 4) is 5.69 Å². The van der Waals surface area contributed by atoms with E-state index < -0.39 is 5.97 Å². The van der Waals surface area contributed by atoms with Crippen LogP contribution in [0.1, 0.15) is 17.7 Å². The largest absolute Gasteiger partial charge is 0.481 e. The minimum Gasteiger partial charge on any atom is -0.481 e. The van der Waals surface area contributed by atoms with Crippen molar-refractivity contribution in [1.29, 1.82) is 0 Å². The van der Waals surface area contributed by atoms with E-state index in [0.717, 1.165) is 11.3 Å². The monoisotopic (exact) mass is 248 g/mol. The van der Waals surface area contributed by atoms with E-state index in [9.17, 15) is 9.18 Å². The van der Waals surface area contributed by atoms with Gasteiger partial charge in [0, 0.05) is 12.6 Å². The molecule has 0 atom stereocenters. The topological polar surface area (TPSA) is 55.1 Å². The second-order valence-corrected chi connectivity index (χ2v) is 4.10. The quantitative estimate of drug-likeness (QED) is 0.903. The first kappa shape index (κ1) is 12.3. The first-order valence-electron chi connectivity index (χ1n) is 5.57. The molecule has 1 aromatic heterocycles. The van der Waals surface area contributed by atoms with Crippen molar-refractivity contribution in [3.05, 3.63) is 47.8 Å². The fraction of sp³-hybridized carbons (Fsp3) is 0.231. The molecule has 1 heterocycles. The van der Waals surface area contributed by atoms with E-state index in [2.05, 4.69) is 4.98 Å². The van der Waals surface area contributed by atoms with E-state index in [1.165, 1.54) is 12.4 Å². The lowest BCUT2D eigenvalue weighted by molar-refractivity contribution is -0.136. The van der Waals surface area contributed by atoms with Crippen LogP contribution >= 0.6 is 0 Å². The Hall–Kier alpha value is -2.17. The number of hydrogen-bond acceptors (Lipinski definition) is 2. The number of benzene rings is 1. The number of aryl methyl sites for hydroxylation is 2. The number of carbonyl (C=O) groups is 1. The molecule has 0 spiro atoms. The number of carboxylic acids is 1. The van der Waals surface area contributed by atoms with Crippen molar-refractivity contribution in [2.24, 2.45) is 0 Å². The van der Waals surface area contributed by atoms with Crippen LogP contribution in [0.2, 0.25) is 0 Å². The van der Waals surface area contributed by atoms with Crippen molar-refractivity contribution in [1.82, 2.24) is 9.55 Å². The minimum atomic E-state index is -0.862. The number of aromatic nitrogens is 2. The van der Waals surface area contributed by atoms with Crippen molar-refractivity contribution in [2.45, 2.75) is 19.8 Å². The highest BCUT2D eigenvalue weighted by atomic mass is 19.1. The van der Waals surface area contributed by atoms with E-state index in [0.29, 0.717) is 12.1 Å². The number of hydrogen-bond donors (Lipinski definition) is 1. The molecule has 5 heteroatoms. The average Bonchev–Trinajstić information content (AvgIpc) is 2.74. The van der Waals surface area contributed by atoms with E-state index >= 15 is 0 Å². The Morgan fingerprint density at radius 2 is 2.28 bits per heavy atom. The standard InChI is InChI=1S/C13H13FN2O2/c1-9-7-16(8-15-9)12-6-10(2-4-11(12)14)3-5-13(17)18/h2,4,6-8H,3,5H2,1H3,(H,17,18). The molecule has 1 aromatic carbocycles. The van der Waals surface area contributed by atoms with Crippen molar-refractivity contribution >= 4 is 5.97 Å². The first-order chi connectivity index (χ1) is 8.56. The fourth-order valence-corrected chi connectivity index (χ4v) is 1.72. The van der Waals surface area contributed by atoms with Gasteiger partial charge in [-0.1, -0.05) is 6.07 Å². The third-order valence-electron chi connectivity index (χ3n) is 2.63. The van der Waals surface area contributed by atoms with Gasteiger partial charge in [0.15, 0.2) is 0 Å². The summed E-state index contributed by atoms with van der Waals surface area (Å²) in [6.07, 6.45) is 3.68. The Balaban J connectivity index is 2.29. The number of halogens is 1. The lowest BCUT2D eigenvalue weighted by Crippen LogP contribution is -2.00. The predicted octanol–water partition coefficient (Wildman–Crippen LogP) is 2.34. The van der Waals surface area contributed by atoms with Gasteiger partial charge in [-0.25, -0.2) is 9.37 Å². The summed E-state index contributed by atoms with van der Waals surface area (Å²) in [6, 6.07) is 4.60. The Bertz CT molecular complexity index is 578. The first-order valence-corrected chi connectivity index (χ1v) is 5.57. The zero-order valence-corrected chi connectivity index (χ0v) is 9.93. The van der Waals surface area contributed by atoms with Gasteiger partial charge < -0.3 is 9.67 Å². The lowest BCUT2D eigenvalue weighted by Gasteiger charge is -2.06. The Morgan fingerprint density at radius 1 is 1.50 bits per heavy atom. The van der Waals surface area contributed by atoms with Crippen molar-refractivity contribution < 1.29 is 14.3 Å². The molecule has 94 valence electrons. The molecule has 0 aliphatic rings. The fourth-order valence-electron chi connectivity index (χ4n) is 1.72. The van der Waals surface area contributed by atoms with Gasteiger partial charge in [0.1, 0.15) is 5.82 Å². The number of carboxylic acid groups (broad SMARTS) is 1.